The van der Waals surface area contributed by atoms with Crippen LogP contribution in [0.2, 0.25) is 0 Å². The number of nitrogens with two attached hydrogens (primary N) is 1. The highest BCUT2D eigenvalue weighted by molar-refractivity contribution is 6.03. The first-order chi connectivity index (χ1) is 11.7. The molecule has 4 aromatic heterocycles. The van der Waals surface area contributed by atoms with Crippen molar-refractivity contribution in [3.05, 3.63) is 60.9 Å². The average molecular weight is 320 g/mol. The first kappa shape index (κ1) is 13.9. The van der Waals surface area contributed by atoms with Gasteiger partial charge in [-0.1, -0.05) is 11.2 Å². The zero-order chi connectivity index (χ0) is 16.5. The summed E-state index contributed by atoms with van der Waals surface area (Å²) in [6, 6.07) is 9.14. The predicted octanol–water partition coefficient (Wildman–Crippen LogP) is 2.22. The molecule has 0 aliphatic rings. The van der Waals surface area contributed by atoms with Crippen LogP contribution in [0.5, 0.6) is 0 Å². The number of nitrogen functional groups attached to an aromatic ring is 1. The van der Waals surface area contributed by atoms with Crippen molar-refractivity contribution in [2.45, 2.75) is 0 Å². The van der Waals surface area contributed by atoms with Gasteiger partial charge in [0, 0.05) is 18.0 Å². The molecule has 4 heterocycles. The molecule has 0 saturated heterocycles. The summed E-state index contributed by atoms with van der Waals surface area (Å²) in [4.78, 5) is 20.8. The lowest BCUT2D eigenvalue weighted by molar-refractivity contribution is 0.102. The van der Waals surface area contributed by atoms with Crippen LogP contribution in [-0.4, -0.2) is 25.4 Å². The van der Waals surface area contributed by atoms with Crippen LogP contribution in [0.4, 0.5) is 11.5 Å². The highest BCUT2D eigenvalue weighted by atomic mass is 16.5. The number of nitrogens with zero attached hydrogens (tertiary/aromatic N) is 4. The van der Waals surface area contributed by atoms with E-state index in [1.165, 1.54) is 12.5 Å². The Bertz CT molecular complexity index is 1020. The summed E-state index contributed by atoms with van der Waals surface area (Å²) >= 11 is 0. The number of pyridine rings is 2. The molecule has 0 bridgehead atoms. The number of carbonyl (C=O) groups is 1. The Balaban J connectivity index is 1.67. The summed E-state index contributed by atoms with van der Waals surface area (Å²) in [6.45, 7) is 0. The Morgan fingerprint density at radius 2 is 2.08 bits per heavy atom. The smallest absolute Gasteiger partial charge is 0.276 e. The van der Waals surface area contributed by atoms with Crippen LogP contribution in [-0.2, 0) is 0 Å². The van der Waals surface area contributed by atoms with E-state index in [2.05, 4.69) is 25.0 Å². The topological polar surface area (TPSA) is 111 Å². The van der Waals surface area contributed by atoms with Gasteiger partial charge in [0.1, 0.15) is 29.1 Å². The molecule has 0 unspecified atom stereocenters. The van der Waals surface area contributed by atoms with Gasteiger partial charge in [0.2, 0.25) is 0 Å². The van der Waals surface area contributed by atoms with Gasteiger partial charge in [-0.25, -0.2) is 9.97 Å². The maximum atomic E-state index is 12.2. The first-order valence-corrected chi connectivity index (χ1v) is 7.11. The molecule has 4 aromatic rings. The summed E-state index contributed by atoms with van der Waals surface area (Å²) in [5.74, 6) is 0.109. The zero-order valence-electron chi connectivity index (χ0n) is 12.4. The highest BCUT2D eigenvalue weighted by Gasteiger charge is 2.12. The Hall–Kier alpha value is -3.68. The van der Waals surface area contributed by atoms with Crippen molar-refractivity contribution in [1.29, 1.82) is 0 Å². The monoisotopic (exact) mass is 320 g/mol. The molecule has 0 radical (unpaired) electrons. The van der Waals surface area contributed by atoms with E-state index < -0.39 is 0 Å². The number of hydrogen-bond acceptors (Lipinski definition) is 6. The Morgan fingerprint density at radius 1 is 1.17 bits per heavy atom. The Morgan fingerprint density at radius 3 is 2.88 bits per heavy atom. The van der Waals surface area contributed by atoms with Gasteiger partial charge in [0.05, 0.1) is 11.9 Å². The number of aromatic nitrogens is 4. The number of amides is 1. The van der Waals surface area contributed by atoms with Crippen molar-refractivity contribution in [3.63, 3.8) is 0 Å². The molecule has 0 fully saturated rings. The van der Waals surface area contributed by atoms with Crippen molar-refractivity contribution in [2.24, 2.45) is 0 Å². The van der Waals surface area contributed by atoms with E-state index in [4.69, 9.17) is 5.73 Å². The number of rotatable bonds is 3. The van der Waals surface area contributed by atoms with E-state index in [1.54, 1.807) is 16.7 Å². The molecule has 1 amide bonds. The van der Waals surface area contributed by atoms with Crippen molar-refractivity contribution in [1.82, 2.24) is 19.5 Å². The molecular weight excluding hydrogens is 308 g/mol. The van der Waals surface area contributed by atoms with Gasteiger partial charge in [0.25, 0.3) is 5.91 Å². The Kier molecular flexibility index (Phi) is 3.20. The van der Waals surface area contributed by atoms with Crippen LogP contribution in [0.15, 0.2) is 59.7 Å². The second kappa shape index (κ2) is 5.51. The lowest BCUT2D eigenvalue weighted by atomic mass is 10.2. The number of imidazole rings is 1. The zero-order valence-corrected chi connectivity index (χ0v) is 12.4. The third kappa shape index (κ3) is 2.56. The summed E-state index contributed by atoms with van der Waals surface area (Å²) in [5.41, 5.74) is 8.76. The summed E-state index contributed by atoms with van der Waals surface area (Å²) in [7, 11) is 0. The fraction of sp³-hybridized carbons (Fsp3) is 0. The molecule has 0 aliphatic carbocycles. The van der Waals surface area contributed by atoms with E-state index in [9.17, 15) is 4.79 Å². The van der Waals surface area contributed by atoms with E-state index in [0.717, 1.165) is 11.3 Å². The van der Waals surface area contributed by atoms with Gasteiger partial charge < -0.3 is 20.0 Å². The van der Waals surface area contributed by atoms with Crippen LogP contribution in [0, 0.1) is 0 Å². The van der Waals surface area contributed by atoms with Crippen molar-refractivity contribution >= 4 is 23.1 Å². The number of fused-ring (bicyclic) bond motifs is 1. The van der Waals surface area contributed by atoms with Crippen LogP contribution in [0.3, 0.4) is 0 Å². The second-order valence-electron chi connectivity index (χ2n) is 5.12. The third-order valence-electron chi connectivity index (χ3n) is 3.44. The molecule has 0 atom stereocenters. The summed E-state index contributed by atoms with van der Waals surface area (Å²) in [5, 5.41) is 6.18. The van der Waals surface area contributed by atoms with Gasteiger partial charge in [-0.3, -0.25) is 4.79 Å². The van der Waals surface area contributed by atoms with E-state index >= 15 is 0 Å². The van der Waals surface area contributed by atoms with Gasteiger partial charge in [-0.05, 0) is 24.3 Å². The average Bonchev–Trinajstić information content (AvgIpc) is 3.23. The standard InChI is InChI=1S/C16H12N6O2/c17-14-3-1-2-12(20-14)10-4-5-15-21-13(8-22(15)7-10)16(23)19-11-6-18-24-9-11/h1-9H,(H2,17,20)(H,19,23). The molecule has 0 saturated carbocycles. The quantitative estimate of drug-likeness (QED) is 0.598. The van der Waals surface area contributed by atoms with Gasteiger partial charge in [0.15, 0.2) is 0 Å². The van der Waals surface area contributed by atoms with Gasteiger partial charge >= 0.3 is 0 Å². The second-order valence-corrected chi connectivity index (χ2v) is 5.12. The largest absolute Gasteiger partial charge is 0.384 e. The number of anilines is 2. The lowest BCUT2D eigenvalue weighted by Crippen LogP contribution is -2.11. The fourth-order valence-corrected chi connectivity index (χ4v) is 2.33. The highest BCUT2D eigenvalue weighted by Crippen LogP contribution is 2.19. The maximum absolute atomic E-state index is 12.2. The number of carbonyl (C=O) groups excluding carboxylic acids is 1. The molecule has 118 valence electrons. The maximum Gasteiger partial charge on any atom is 0.276 e. The van der Waals surface area contributed by atoms with Crippen molar-refractivity contribution in [2.75, 3.05) is 11.1 Å². The van der Waals surface area contributed by atoms with Crippen molar-refractivity contribution < 1.29 is 9.32 Å². The molecule has 0 aliphatic heterocycles. The van der Waals surface area contributed by atoms with E-state index in [-0.39, 0.29) is 11.6 Å². The van der Waals surface area contributed by atoms with E-state index in [0.29, 0.717) is 17.2 Å². The predicted molar refractivity (Wildman–Crippen MR) is 87.3 cm³/mol. The third-order valence-corrected chi connectivity index (χ3v) is 3.44. The fourth-order valence-electron chi connectivity index (χ4n) is 2.33. The van der Waals surface area contributed by atoms with Crippen LogP contribution in [0.1, 0.15) is 10.5 Å². The summed E-state index contributed by atoms with van der Waals surface area (Å²) in [6.07, 6.45) is 6.25. The van der Waals surface area contributed by atoms with Gasteiger partial charge in [-0.2, -0.15) is 0 Å². The lowest BCUT2D eigenvalue weighted by Gasteiger charge is -2.02. The Labute approximate surface area is 135 Å². The summed E-state index contributed by atoms with van der Waals surface area (Å²) < 4.78 is 6.44. The molecule has 3 N–H and O–H groups in total. The molecular formula is C16H12N6O2. The minimum Gasteiger partial charge on any atom is -0.384 e. The SMILES string of the molecule is Nc1cccc(-c2ccc3nc(C(=O)Nc4cnoc4)cn3c2)n1. The molecule has 0 spiro atoms. The normalized spacial score (nSPS) is 10.8. The van der Waals surface area contributed by atoms with Crippen LogP contribution >= 0.6 is 0 Å². The molecule has 4 rings (SSSR count). The minimum absolute atomic E-state index is 0.286. The van der Waals surface area contributed by atoms with E-state index in [1.807, 2.05) is 30.5 Å². The molecule has 0 aromatic carbocycles. The number of hydrogen-bond donors (Lipinski definition) is 2. The van der Waals surface area contributed by atoms with Crippen LogP contribution in [0.25, 0.3) is 16.9 Å². The number of nitrogens with one attached hydrogen (secondary N) is 1. The minimum atomic E-state index is -0.342. The molecule has 8 nitrogen and oxygen atoms in total. The van der Waals surface area contributed by atoms with Gasteiger partial charge in [-0.15, -0.1) is 0 Å². The molecule has 8 heteroatoms. The van der Waals surface area contributed by atoms with Crippen LogP contribution < -0.4 is 11.1 Å². The van der Waals surface area contributed by atoms with Crippen molar-refractivity contribution in [3.8, 4) is 11.3 Å². The molecule has 24 heavy (non-hydrogen) atoms. The first-order valence-electron chi connectivity index (χ1n) is 7.11.